The van der Waals surface area contributed by atoms with Crippen LogP contribution in [-0.4, -0.2) is 5.11 Å². The maximum absolute atomic E-state index is 9.58. The standard InChI is InChI=1S/C11H11NO/c1-4-10-8(3)11(13)7(2)5-9(10)6-12/h4-5,13H,1H2,2-3H3. The molecule has 0 aliphatic heterocycles. The van der Waals surface area contributed by atoms with Gasteiger partial charge in [-0.1, -0.05) is 12.7 Å². The van der Waals surface area contributed by atoms with Crippen molar-refractivity contribution in [2.75, 3.05) is 0 Å². The molecule has 0 radical (unpaired) electrons. The molecule has 2 nitrogen and oxygen atoms in total. The van der Waals surface area contributed by atoms with Crippen LogP contribution in [-0.2, 0) is 0 Å². The quantitative estimate of drug-likeness (QED) is 0.709. The number of aryl methyl sites for hydroxylation is 1. The van der Waals surface area contributed by atoms with E-state index in [1.54, 1.807) is 26.0 Å². The summed E-state index contributed by atoms with van der Waals surface area (Å²) < 4.78 is 0. The highest BCUT2D eigenvalue weighted by Gasteiger charge is 2.09. The SMILES string of the molecule is C=Cc1c(C#N)cc(C)c(O)c1C. The first kappa shape index (κ1) is 9.34. The smallest absolute Gasteiger partial charge is 0.122 e. The molecule has 66 valence electrons. The maximum atomic E-state index is 9.58. The molecule has 0 bridgehead atoms. The van der Waals surface area contributed by atoms with Crippen LogP contribution >= 0.6 is 0 Å². The zero-order valence-corrected chi connectivity index (χ0v) is 7.76. The molecule has 1 rings (SSSR count). The fourth-order valence-electron chi connectivity index (χ4n) is 1.34. The number of nitriles is 1. The highest BCUT2D eigenvalue weighted by molar-refractivity contribution is 5.65. The van der Waals surface area contributed by atoms with E-state index in [1.165, 1.54) is 0 Å². The van der Waals surface area contributed by atoms with E-state index in [9.17, 15) is 5.11 Å². The molecule has 0 aliphatic carbocycles. The molecular formula is C11H11NO. The van der Waals surface area contributed by atoms with Crippen molar-refractivity contribution in [3.05, 3.63) is 34.9 Å². The summed E-state index contributed by atoms with van der Waals surface area (Å²) in [7, 11) is 0. The van der Waals surface area contributed by atoms with Gasteiger partial charge in [0.15, 0.2) is 0 Å². The van der Waals surface area contributed by atoms with E-state index in [2.05, 4.69) is 12.6 Å². The summed E-state index contributed by atoms with van der Waals surface area (Å²) in [5.41, 5.74) is 2.71. The van der Waals surface area contributed by atoms with Gasteiger partial charge in [-0.25, -0.2) is 0 Å². The lowest BCUT2D eigenvalue weighted by atomic mass is 9.98. The number of phenols is 1. The van der Waals surface area contributed by atoms with Crippen LogP contribution in [0.25, 0.3) is 6.08 Å². The molecule has 0 heterocycles. The van der Waals surface area contributed by atoms with E-state index in [0.29, 0.717) is 16.7 Å². The normalized spacial score (nSPS) is 9.31. The Kier molecular flexibility index (Phi) is 2.39. The van der Waals surface area contributed by atoms with Crippen molar-refractivity contribution < 1.29 is 5.11 Å². The van der Waals surface area contributed by atoms with Gasteiger partial charge in [-0.15, -0.1) is 0 Å². The lowest BCUT2D eigenvalue weighted by Crippen LogP contribution is -1.90. The van der Waals surface area contributed by atoms with Crippen LogP contribution in [0.2, 0.25) is 0 Å². The first-order valence-electron chi connectivity index (χ1n) is 3.97. The number of benzene rings is 1. The fraction of sp³-hybridized carbons (Fsp3) is 0.182. The minimum atomic E-state index is 0.244. The van der Waals surface area contributed by atoms with Gasteiger partial charge in [0.1, 0.15) is 5.75 Å². The van der Waals surface area contributed by atoms with Gasteiger partial charge in [-0.05, 0) is 36.6 Å². The van der Waals surface area contributed by atoms with Crippen molar-refractivity contribution in [3.63, 3.8) is 0 Å². The van der Waals surface area contributed by atoms with Gasteiger partial charge in [0, 0.05) is 0 Å². The molecule has 0 unspecified atom stereocenters. The lowest BCUT2D eigenvalue weighted by Gasteiger charge is -2.08. The Morgan fingerprint density at radius 3 is 2.62 bits per heavy atom. The van der Waals surface area contributed by atoms with Crippen LogP contribution in [0, 0.1) is 25.2 Å². The summed E-state index contributed by atoms with van der Waals surface area (Å²) in [6.45, 7) is 7.16. The molecule has 0 amide bonds. The molecule has 0 saturated carbocycles. The highest BCUT2D eigenvalue weighted by Crippen LogP contribution is 2.28. The summed E-state index contributed by atoms with van der Waals surface area (Å²) in [6.07, 6.45) is 1.59. The van der Waals surface area contributed by atoms with E-state index in [1.807, 2.05) is 0 Å². The zero-order chi connectivity index (χ0) is 10.0. The third-order valence-corrected chi connectivity index (χ3v) is 2.11. The average molecular weight is 173 g/mol. The summed E-state index contributed by atoms with van der Waals surface area (Å²) >= 11 is 0. The molecule has 0 aromatic heterocycles. The monoisotopic (exact) mass is 173 g/mol. The van der Waals surface area contributed by atoms with Crippen LogP contribution < -0.4 is 0 Å². The largest absolute Gasteiger partial charge is 0.507 e. The first-order chi connectivity index (χ1) is 6.11. The molecule has 0 saturated heterocycles. The average Bonchev–Trinajstić information content (AvgIpc) is 2.13. The molecular weight excluding hydrogens is 162 g/mol. The summed E-state index contributed by atoms with van der Waals surface area (Å²) in [6, 6.07) is 3.74. The van der Waals surface area contributed by atoms with Crippen molar-refractivity contribution in [2.24, 2.45) is 0 Å². The fourth-order valence-corrected chi connectivity index (χ4v) is 1.34. The Balaban J connectivity index is 3.60. The van der Waals surface area contributed by atoms with E-state index < -0.39 is 0 Å². The molecule has 13 heavy (non-hydrogen) atoms. The second-order valence-electron chi connectivity index (χ2n) is 2.94. The molecule has 0 atom stereocenters. The first-order valence-corrected chi connectivity index (χ1v) is 3.97. The zero-order valence-electron chi connectivity index (χ0n) is 7.76. The summed E-state index contributed by atoms with van der Waals surface area (Å²) in [5, 5.41) is 18.4. The van der Waals surface area contributed by atoms with Gasteiger partial charge in [0.25, 0.3) is 0 Å². The Morgan fingerprint density at radius 1 is 1.54 bits per heavy atom. The molecule has 1 aromatic rings. The predicted octanol–water partition coefficient (Wildman–Crippen LogP) is 2.52. The van der Waals surface area contributed by atoms with Crippen molar-refractivity contribution in [2.45, 2.75) is 13.8 Å². The van der Waals surface area contributed by atoms with Crippen molar-refractivity contribution >= 4 is 6.08 Å². The maximum Gasteiger partial charge on any atom is 0.122 e. The van der Waals surface area contributed by atoms with E-state index in [4.69, 9.17) is 5.26 Å². The van der Waals surface area contributed by atoms with Crippen LogP contribution in [0.1, 0.15) is 22.3 Å². The Bertz CT molecular complexity index is 400. The summed E-state index contributed by atoms with van der Waals surface area (Å²) in [4.78, 5) is 0. The Labute approximate surface area is 77.8 Å². The molecule has 1 N–H and O–H groups in total. The van der Waals surface area contributed by atoms with Crippen molar-refractivity contribution in [3.8, 4) is 11.8 Å². The van der Waals surface area contributed by atoms with Gasteiger partial charge < -0.3 is 5.11 Å². The van der Waals surface area contributed by atoms with Crippen molar-refractivity contribution in [1.29, 1.82) is 5.26 Å². The van der Waals surface area contributed by atoms with Crippen LogP contribution in [0.5, 0.6) is 5.75 Å². The van der Waals surface area contributed by atoms with Gasteiger partial charge in [0.2, 0.25) is 0 Å². The van der Waals surface area contributed by atoms with Gasteiger partial charge in [0.05, 0.1) is 11.6 Å². The van der Waals surface area contributed by atoms with E-state index in [-0.39, 0.29) is 5.75 Å². The number of hydrogen-bond acceptors (Lipinski definition) is 2. The van der Waals surface area contributed by atoms with Crippen molar-refractivity contribution in [1.82, 2.24) is 0 Å². The predicted molar refractivity (Wildman–Crippen MR) is 52.4 cm³/mol. The number of hydrogen-bond donors (Lipinski definition) is 1. The van der Waals surface area contributed by atoms with Crippen LogP contribution in [0.3, 0.4) is 0 Å². The van der Waals surface area contributed by atoms with E-state index in [0.717, 1.165) is 5.56 Å². The Hall–Kier alpha value is -1.75. The van der Waals surface area contributed by atoms with Crippen LogP contribution in [0.15, 0.2) is 12.6 Å². The number of nitrogens with zero attached hydrogens (tertiary/aromatic N) is 1. The minimum absolute atomic E-state index is 0.244. The van der Waals surface area contributed by atoms with Crippen LogP contribution in [0.4, 0.5) is 0 Å². The highest BCUT2D eigenvalue weighted by atomic mass is 16.3. The molecule has 0 aliphatic rings. The third kappa shape index (κ3) is 1.41. The Morgan fingerprint density at radius 2 is 2.15 bits per heavy atom. The van der Waals surface area contributed by atoms with Gasteiger partial charge in [-0.3, -0.25) is 0 Å². The van der Waals surface area contributed by atoms with Gasteiger partial charge in [-0.2, -0.15) is 5.26 Å². The number of aromatic hydroxyl groups is 1. The van der Waals surface area contributed by atoms with E-state index >= 15 is 0 Å². The third-order valence-electron chi connectivity index (χ3n) is 2.11. The molecule has 0 fully saturated rings. The number of rotatable bonds is 1. The van der Waals surface area contributed by atoms with Gasteiger partial charge >= 0.3 is 0 Å². The molecule has 2 heteroatoms. The number of phenolic OH excluding ortho intramolecular Hbond substituents is 1. The second kappa shape index (κ2) is 3.32. The second-order valence-corrected chi connectivity index (χ2v) is 2.94. The molecule has 1 aromatic carbocycles. The minimum Gasteiger partial charge on any atom is -0.507 e. The summed E-state index contributed by atoms with van der Waals surface area (Å²) in [5.74, 6) is 0.244. The topological polar surface area (TPSA) is 44.0 Å². The molecule has 0 spiro atoms. The lowest BCUT2D eigenvalue weighted by molar-refractivity contribution is 0.466.